The highest BCUT2D eigenvalue weighted by Gasteiger charge is 2.32. The molecule has 0 radical (unpaired) electrons. The van der Waals surface area contributed by atoms with E-state index in [-0.39, 0.29) is 28.7 Å². The molecule has 10 nitrogen and oxygen atoms in total. The van der Waals surface area contributed by atoms with E-state index in [9.17, 15) is 28.1 Å². The summed E-state index contributed by atoms with van der Waals surface area (Å²) in [5.41, 5.74) is 1.58. The first kappa shape index (κ1) is 28.3. The van der Waals surface area contributed by atoms with E-state index in [0.717, 1.165) is 15.4 Å². The van der Waals surface area contributed by atoms with Crippen molar-refractivity contribution < 1.29 is 22.9 Å². The third-order valence-electron chi connectivity index (χ3n) is 6.08. The standard InChI is InChI=1S/C27H30N4O6S/c1-4-28-27(33)21(3)29(18-22-11-9-8-10-20(22)2)26(32)19-30(23-14-16-24(17-15-23)31(34)35)38(36,37)25-12-6-5-7-13-25/h5-17,21H,4,18-19H2,1-3H3,(H,28,33)/t21-/m1/s1. The van der Waals surface area contributed by atoms with E-state index >= 15 is 0 Å². The average Bonchev–Trinajstić information content (AvgIpc) is 2.91. The number of carbonyl (C=O) groups is 2. The topological polar surface area (TPSA) is 130 Å². The van der Waals surface area contributed by atoms with E-state index in [0.29, 0.717) is 6.54 Å². The Morgan fingerprint density at radius 3 is 2.16 bits per heavy atom. The molecule has 0 aliphatic carbocycles. The van der Waals surface area contributed by atoms with Crippen LogP contribution in [0.4, 0.5) is 11.4 Å². The molecule has 0 heterocycles. The second-order valence-corrected chi connectivity index (χ2v) is 10.5. The summed E-state index contributed by atoms with van der Waals surface area (Å²) in [5.74, 6) is -0.980. The lowest BCUT2D eigenvalue weighted by Gasteiger charge is -2.32. The summed E-state index contributed by atoms with van der Waals surface area (Å²) in [6, 6.07) is 19.0. The molecule has 0 aromatic heterocycles. The SMILES string of the molecule is CCNC(=O)[C@@H](C)N(Cc1ccccc1C)C(=O)CN(c1ccc([N+](=O)[O-])cc1)S(=O)(=O)c1ccccc1. The Bertz CT molecular complexity index is 1390. The van der Waals surface area contributed by atoms with Crippen LogP contribution in [0.3, 0.4) is 0 Å². The van der Waals surface area contributed by atoms with Crippen molar-refractivity contribution in [2.45, 2.75) is 38.3 Å². The molecule has 2 amide bonds. The maximum absolute atomic E-state index is 13.8. The Kier molecular flexibility index (Phi) is 9.19. The van der Waals surface area contributed by atoms with Crippen LogP contribution in [0, 0.1) is 17.0 Å². The maximum atomic E-state index is 13.8. The normalized spacial score (nSPS) is 11.9. The molecule has 0 aliphatic heterocycles. The predicted molar refractivity (Wildman–Crippen MR) is 144 cm³/mol. The lowest BCUT2D eigenvalue weighted by molar-refractivity contribution is -0.384. The van der Waals surface area contributed by atoms with Crippen LogP contribution in [0.2, 0.25) is 0 Å². The smallest absolute Gasteiger partial charge is 0.269 e. The van der Waals surface area contributed by atoms with Gasteiger partial charge in [-0.2, -0.15) is 0 Å². The number of hydrogen-bond acceptors (Lipinski definition) is 6. The van der Waals surface area contributed by atoms with Gasteiger partial charge in [0.05, 0.1) is 15.5 Å². The van der Waals surface area contributed by atoms with E-state index in [2.05, 4.69) is 5.32 Å². The highest BCUT2D eigenvalue weighted by Crippen LogP contribution is 2.26. The van der Waals surface area contributed by atoms with E-state index in [1.165, 1.54) is 41.3 Å². The number of hydrogen-bond donors (Lipinski definition) is 1. The van der Waals surface area contributed by atoms with E-state index < -0.39 is 33.4 Å². The van der Waals surface area contributed by atoms with Gasteiger partial charge in [0.2, 0.25) is 11.8 Å². The number of non-ortho nitro benzene ring substituents is 1. The van der Waals surface area contributed by atoms with Crippen LogP contribution in [0.1, 0.15) is 25.0 Å². The summed E-state index contributed by atoms with van der Waals surface area (Å²) >= 11 is 0. The molecule has 0 unspecified atom stereocenters. The number of benzene rings is 3. The quantitative estimate of drug-likeness (QED) is 0.293. The molecule has 1 N–H and O–H groups in total. The van der Waals surface area contributed by atoms with E-state index in [1.807, 2.05) is 31.2 Å². The van der Waals surface area contributed by atoms with Crippen LogP contribution in [0.25, 0.3) is 0 Å². The van der Waals surface area contributed by atoms with Gasteiger partial charge in [-0.3, -0.25) is 24.0 Å². The van der Waals surface area contributed by atoms with Gasteiger partial charge in [0, 0.05) is 25.2 Å². The van der Waals surface area contributed by atoms with Crippen molar-refractivity contribution in [1.82, 2.24) is 10.2 Å². The number of amides is 2. The molecule has 0 saturated heterocycles. The van der Waals surface area contributed by atoms with Crippen molar-refractivity contribution in [2.24, 2.45) is 0 Å². The Morgan fingerprint density at radius 1 is 0.974 bits per heavy atom. The van der Waals surface area contributed by atoms with E-state index in [4.69, 9.17) is 0 Å². The Labute approximate surface area is 222 Å². The predicted octanol–water partition coefficient (Wildman–Crippen LogP) is 3.65. The summed E-state index contributed by atoms with van der Waals surface area (Å²) in [6.45, 7) is 5.07. The van der Waals surface area contributed by atoms with Crippen molar-refractivity contribution in [3.05, 3.63) is 100 Å². The fraction of sp³-hybridized carbons (Fsp3) is 0.259. The van der Waals surface area contributed by atoms with Gasteiger partial charge in [-0.05, 0) is 56.2 Å². The summed E-state index contributed by atoms with van der Waals surface area (Å²) in [7, 11) is -4.24. The fourth-order valence-electron chi connectivity index (χ4n) is 3.86. The third kappa shape index (κ3) is 6.54. The van der Waals surface area contributed by atoms with Gasteiger partial charge < -0.3 is 10.2 Å². The number of sulfonamides is 1. The monoisotopic (exact) mass is 538 g/mol. The minimum absolute atomic E-state index is 0.0478. The van der Waals surface area contributed by atoms with Crippen LogP contribution in [-0.2, 0) is 26.2 Å². The zero-order chi connectivity index (χ0) is 27.9. The van der Waals surface area contributed by atoms with Crippen molar-refractivity contribution in [3.63, 3.8) is 0 Å². The lowest BCUT2D eigenvalue weighted by atomic mass is 10.1. The van der Waals surface area contributed by atoms with Crippen molar-refractivity contribution in [1.29, 1.82) is 0 Å². The molecule has 0 fully saturated rings. The lowest BCUT2D eigenvalue weighted by Crippen LogP contribution is -2.51. The molecular formula is C27H30N4O6S. The van der Waals surface area contributed by atoms with Gasteiger partial charge in [0.15, 0.2) is 0 Å². The van der Waals surface area contributed by atoms with Gasteiger partial charge in [-0.1, -0.05) is 42.5 Å². The molecule has 3 aromatic rings. The van der Waals surface area contributed by atoms with Crippen molar-refractivity contribution >= 4 is 33.2 Å². The number of nitrogens with one attached hydrogen (secondary N) is 1. The first-order chi connectivity index (χ1) is 18.1. The van der Waals surface area contributed by atoms with Gasteiger partial charge in [0.1, 0.15) is 12.6 Å². The van der Waals surface area contributed by atoms with Gasteiger partial charge in [-0.15, -0.1) is 0 Å². The summed E-state index contributed by atoms with van der Waals surface area (Å²) in [4.78, 5) is 38.3. The zero-order valence-corrected chi connectivity index (χ0v) is 22.2. The first-order valence-corrected chi connectivity index (χ1v) is 13.4. The van der Waals surface area contributed by atoms with Crippen LogP contribution < -0.4 is 9.62 Å². The molecule has 0 spiro atoms. The number of carbonyl (C=O) groups excluding carboxylic acids is 2. The highest BCUT2D eigenvalue weighted by atomic mass is 32.2. The number of anilines is 1. The first-order valence-electron chi connectivity index (χ1n) is 12.0. The third-order valence-corrected chi connectivity index (χ3v) is 7.87. The van der Waals surface area contributed by atoms with Gasteiger partial charge in [0.25, 0.3) is 15.7 Å². The summed E-state index contributed by atoms with van der Waals surface area (Å²) < 4.78 is 28.2. The molecule has 200 valence electrons. The Balaban J connectivity index is 2.05. The number of likely N-dealkylation sites (N-methyl/N-ethyl adjacent to an activating group) is 1. The summed E-state index contributed by atoms with van der Waals surface area (Å²) in [6.07, 6.45) is 0. The molecule has 38 heavy (non-hydrogen) atoms. The minimum atomic E-state index is -4.24. The van der Waals surface area contributed by atoms with Crippen molar-refractivity contribution in [3.8, 4) is 0 Å². The van der Waals surface area contributed by atoms with Gasteiger partial charge >= 0.3 is 0 Å². The number of nitro groups is 1. The second kappa shape index (κ2) is 12.3. The van der Waals surface area contributed by atoms with Crippen LogP contribution in [0.5, 0.6) is 0 Å². The largest absolute Gasteiger partial charge is 0.355 e. The fourth-order valence-corrected chi connectivity index (χ4v) is 5.30. The number of nitro benzene ring substituents is 1. The van der Waals surface area contributed by atoms with Crippen LogP contribution in [-0.4, -0.2) is 49.2 Å². The molecule has 0 aliphatic rings. The molecule has 0 bridgehead atoms. The minimum Gasteiger partial charge on any atom is -0.355 e. The maximum Gasteiger partial charge on any atom is 0.269 e. The number of aryl methyl sites for hydroxylation is 1. The summed E-state index contributed by atoms with van der Waals surface area (Å²) in [5, 5.41) is 13.8. The molecule has 1 atom stereocenters. The van der Waals surface area contributed by atoms with E-state index in [1.54, 1.807) is 32.0 Å². The Morgan fingerprint density at radius 2 is 1.58 bits per heavy atom. The molecule has 0 saturated carbocycles. The highest BCUT2D eigenvalue weighted by molar-refractivity contribution is 7.92. The Hall–Kier alpha value is -4.25. The molecule has 11 heteroatoms. The zero-order valence-electron chi connectivity index (χ0n) is 21.4. The van der Waals surface area contributed by atoms with Crippen molar-refractivity contribution in [2.75, 3.05) is 17.4 Å². The molecule has 3 aromatic carbocycles. The van der Waals surface area contributed by atoms with Crippen LogP contribution in [0.15, 0.2) is 83.8 Å². The number of rotatable bonds is 11. The molecular weight excluding hydrogens is 508 g/mol. The van der Waals surface area contributed by atoms with Crippen LogP contribution >= 0.6 is 0 Å². The second-order valence-electron chi connectivity index (χ2n) is 8.62. The average molecular weight is 539 g/mol. The van der Waals surface area contributed by atoms with Gasteiger partial charge in [-0.25, -0.2) is 8.42 Å². The number of nitrogens with zero attached hydrogens (tertiary/aromatic N) is 3. The molecule has 3 rings (SSSR count).